The maximum atomic E-state index is 11.3. The lowest BCUT2D eigenvalue weighted by Crippen LogP contribution is -2.60. The number of nitrogens with zero attached hydrogens (tertiary/aromatic N) is 1. The van der Waals surface area contributed by atoms with Crippen molar-refractivity contribution in [1.29, 1.82) is 0 Å². The molecule has 0 aromatic carbocycles. The summed E-state index contributed by atoms with van der Waals surface area (Å²) in [7, 11) is -0.681. The molecular formula is C14H30N2OS. The SMILES string of the molecule is CCC(C)C1CN(CCS(C)=O)C(C(C)C)CN1. The topological polar surface area (TPSA) is 32.3 Å². The molecule has 1 N–H and O–H groups in total. The predicted octanol–water partition coefficient (Wildman–Crippen LogP) is 1.71. The van der Waals surface area contributed by atoms with Crippen LogP contribution in [0.2, 0.25) is 0 Å². The van der Waals surface area contributed by atoms with Crippen molar-refractivity contribution in [2.75, 3.05) is 31.6 Å². The van der Waals surface area contributed by atoms with E-state index in [0.717, 1.165) is 25.4 Å². The Morgan fingerprint density at radius 1 is 1.39 bits per heavy atom. The van der Waals surface area contributed by atoms with Crippen molar-refractivity contribution in [1.82, 2.24) is 10.2 Å². The largest absolute Gasteiger partial charge is 0.311 e. The standard InChI is InChI=1S/C14H30N2OS/c1-6-12(4)13-10-16(7-8-18(5)17)14(9-15-13)11(2)3/h11-15H,6-10H2,1-5H3. The van der Waals surface area contributed by atoms with Crippen LogP contribution in [0, 0.1) is 11.8 Å². The summed E-state index contributed by atoms with van der Waals surface area (Å²) in [6.45, 7) is 12.3. The van der Waals surface area contributed by atoms with E-state index in [0.29, 0.717) is 23.9 Å². The van der Waals surface area contributed by atoms with Gasteiger partial charge in [-0.1, -0.05) is 34.1 Å². The first-order valence-corrected chi connectivity index (χ1v) is 8.95. The van der Waals surface area contributed by atoms with Crippen molar-refractivity contribution < 1.29 is 4.21 Å². The van der Waals surface area contributed by atoms with Crippen LogP contribution < -0.4 is 5.32 Å². The van der Waals surface area contributed by atoms with E-state index in [1.54, 1.807) is 6.26 Å². The van der Waals surface area contributed by atoms with Crippen LogP contribution in [0.15, 0.2) is 0 Å². The molecule has 0 radical (unpaired) electrons. The first-order valence-electron chi connectivity index (χ1n) is 7.23. The molecule has 1 heterocycles. The van der Waals surface area contributed by atoms with E-state index < -0.39 is 10.8 Å². The Hall–Kier alpha value is 0.0700. The first kappa shape index (κ1) is 16.1. The number of nitrogens with one attached hydrogen (secondary N) is 1. The number of piperazine rings is 1. The Morgan fingerprint density at radius 2 is 2.06 bits per heavy atom. The summed E-state index contributed by atoms with van der Waals surface area (Å²) in [4.78, 5) is 2.55. The van der Waals surface area contributed by atoms with Gasteiger partial charge in [0.1, 0.15) is 0 Å². The molecule has 1 aliphatic heterocycles. The highest BCUT2D eigenvalue weighted by Crippen LogP contribution is 2.19. The average molecular weight is 274 g/mol. The predicted molar refractivity (Wildman–Crippen MR) is 80.4 cm³/mol. The van der Waals surface area contributed by atoms with Crippen molar-refractivity contribution in [3.8, 4) is 0 Å². The van der Waals surface area contributed by atoms with Gasteiger partial charge < -0.3 is 5.32 Å². The van der Waals surface area contributed by atoms with Crippen molar-refractivity contribution in [2.24, 2.45) is 11.8 Å². The summed E-state index contributed by atoms with van der Waals surface area (Å²) in [5.41, 5.74) is 0. The van der Waals surface area contributed by atoms with Crippen molar-refractivity contribution in [2.45, 2.75) is 46.2 Å². The summed E-state index contributed by atoms with van der Waals surface area (Å²) in [5.74, 6) is 2.17. The zero-order valence-electron chi connectivity index (χ0n) is 12.6. The number of hydrogen-bond acceptors (Lipinski definition) is 3. The molecular weight excluding hydrogens is 244 g/mol. The highest BCUT2D eigenvalue weighted by atomic mass is 32.2. The Morgan fingerprint density at radius 3 is 2.56 bits per heavy atom. The van der Waals surface area contributed by atoms with E-state index in [1.807, 2.05) is 0 Å². The fourth-order valence-electron chi connectivity index (χ4n) is 2.68. The van der Waals surface area contributed by atoms with Gasteiger partial charge in [-0.05, 0) is 11.8 Å². The molecule has 18 heavy (non-hydrogen) atoms. The zero-order chi connectivity index (χ0) is 13.7. The molecule has 0 aromatic rings. The summed E-state index contributed by atoms with van der Waals surface area (Å²) < 4.78 is 11.3. The van der Waals surface area contributed by atoms with Crippen molar-refractivity contribution >= 4 is 10.8 Å². The van der Waals surface area contributed by atoms with E-state index in [2.05, 4.69) is 37.9 Å². The van der Waals surface area contributed by atoms with Gasteiger partial charge in [0.2, 0.25) is 0 Å². The smallest absolute Gasteiger partial charge is 0.0359 e. The Labute approximate surface area is 115 Å². The molecule has 0 amide bonds. The third kappa shape index (κ3) is 4.63. The molecule has 4 atom stereocenters. The molecule has 3 nitrogen and oxygen atoms in total. The van der Waals surface area contributed by atoms with Crippen LogP contribution in [0.3, 0.4) is 0 Å². The highest BCUT2D eigenvalue weighted by Gasteiger charge is 2.31. The molecule has 0 saturated carbocycles. The molecule has 1 saturated heterocycles. The quantitative estimate of drug-likeness (QED) is 0.800. The van der Waals surface area contributed by atoms with Gasteiger partial charge in [0, 0.05) is 54.5 Å². The minimum Gasteiger partial charge on any atom is -0.311 e. The third-order valence-electron chi connectivity index (χ3n) is 4.26. The number of hydrogen-bond donors (Lipinski definition) is 1. The summed E-state index contributed by atoms with van der Waals surface area (Å²) in [6, 6.07) is 1.18. The van der Waals surface area contributed by atoms with Gasteiger partial charge in [-0.3, -0.25) is 9.11 Å². The molecule has 0 spiro atoms. The van der Waals surface area contributed by atoms with E-state index in [1.165, 1.54) is 6.42 Å². The van der Waals surface area contributed by atoms with Crippen LogP contribution in [0.5, 0.6) is 0 Å². The fraction of sp³-hybridized carbons (Fsp3) is 1.00. The van der Waals surface area contributed by atoms with Crippen molar-refractivity contribution in [3.05, 3.63) is 0 Å². The van der Waals surface area contributed by atoms with Crippen LogP contribution in [-0.2, 0) is 10.8 Å². The second kappa shape index (κ2) is 7.61. The second-order valence-electron chi connectivity index (χ2n) is 5.98. The van der Waals surface area contributed by atoms with E-state index in [4.69, 9.17) is 0 Å². The van der Waals surface area contributed by atoms with Crippen LogP contribution in [0.25, 0.3) is 0 Å². The van der Waals surface area contributed by atoms with Crippen LogP contribution >= 0.6 is 0 Å². The lowest BCUT2D eigenvalue weighted by molar-refractivity contribution is 0.0882. The van der Waals surface area contributed by atoms with Crippen molar-refractivity contribution in [3.63, 3.8) is 0 Å². The second-order valence-corrected chi connectivity index (χ2v) is 7.54. The van der Waals surface area contributed by atoms with Crippen LogP contribution in [0.1, 0.15) is 34.1 Å². The lowest BCUT2D eigenvalue weighted by atomic mass is 9.92. The van der Waals surface area contributed by atoms with Gasteiger partial charge in [-0.25, -0.2) is 0 Å². The van der Waals surface area contributed by atoms with E-state index in [9.17, 15) is 4.21 Å². The molecule has 4 unspecified atom stereocenters. The molecule has 1 fully saturated rings. The minimum atomic E-state index is -0.681. The van der Waals surface area contributed by atoms with Crippen LogP contribution in [0.4, 0.5) is 0 Å². The lowest BCUT2D eigenvalue weighted by Gasteiger charge is -2.44. The monoisotopic (exact) mass is 274 g/mol. The summed E-state index contributed by atoms with van der Waals surface area (Å²) in [5, 5.41) is 3.70. The normalized spacial score (nSPS) is 29.4. The molecule has 4 heteroatoms. The van der Waals surface area contributed by atoms with Gasteiger partial charge in [-0.2, -0.15) is 0 Å². The maximum absolute atomic E-state index is 11.3. The molecule has 0 bridgehead atoms. The van der Waals surface area contributed by atoms with Gasteiger partial charge in [0.05, 0.1) is 0 Å². The molecule has 1 aliphatic rings. The van der Waals surface area contributed by atoms with E-state index in [-0.39, 0.29) is 0 Å². The van der Waals surface area contributed by atoms with Gasteiger partial charge >= 0.3 is 0 Å². The Kier molecular flexibility index (Phi) is 6.82. The maximum Gasteiger partial charge on any atom is 0.0359 e. The summed E-state index contributed by atoms with van der Waals surface area (Å²) in [6.07, 6.45) is 3.02. The first-order chi connectivity index (χ1) is 8.45. The molecule has 1 rings (SSSR count). The summed E-state index contributed by atoms with van der Waals surface area (Å²) >= 11 is 0. The Balaban J connectivity index is 2.61. The highest BCUT2D eigenvalue weighted by molar-refractivity contribution is 7.84. The Bertz CT molecular complexity index is 271. The van der Waals surface area contributed by atoms with Gasteiger partial charge in [0.25, 0.3) is 0 Å². The zero-order valence-corrected chi connectivity index (χ0v) is 13.4. The van der Waals surface area contributed by atoms with Gasteiger partial charge in [0.15, 0.2) is 0 Å². The molecule has 0 aromatic heterocycles. The molecule has 0 aliphatic carbocycles. The fourth-order valence-corrected chi connectivity index (χ4v) is 3.17. The minimum absolute atomic E-state index is 0.592. The van der Waals surface area contributed by atoms with Gasteiger partial charge in [-0.15, -0.1) is 0 Å². The molecule has 108 valence electrons. The van der Waals surface area contributed by atoms with Crippen LogP contribution in [-0.4, -0.2) is 52.8 Å². The number of rotatable bonds is 6. The van der Waals surface area contributed by atoms with E-state index >= 15 is 0 Å². The third-order valence-corrected chi connectivity index (χ3v) is 5.01. The average Bonchev–Trinajstić information content (AvgIpc) is 2.34.